The lowest BCUT2D eigenvalue weighted by Crippen LogP contribution is -2.30. The zero-order valence-electron chi connectivity index (χ0n) is 13.6. The van der Waals surface area contributed by atoms with E-state index in [4.69, 9.17) is 4.42 Å². The predicted octanol–water partition coefficient (Wildman–Crippen LogP) is 4.35. The quantitative estimate of drug-likeness (QED) is 0.656. The maximum atomic E-state index is 13.1. The van der Waals surface area contributed by atoms with Gasteiger partial charge in [-0.1, -0.05) is 12.1 Å². The van der Waals surface area contributed by atoms with Gasteiger partial charge >= 0.3 is 0 Å². The van der Waals surface area contributed by atoms with Crippen molar-refractivity contribution in [1.82, 2.24) is 4.31 Å². The zero-order valence-corrected chi connectivity index (χ0v) is 15.2. The molecular formula is C18H19NO3S2. The Morgan fingerprint density at radius 1 is 1.04 bits per heavy atom. The molecule has 24 heavy (non-hydrogen) atoms. The van der Waals surface area contributed by atoms with Crippen LogP contribution in [0, 0.1) is 13.8 Å². The number of aryl methyl sites for hydroxylation is 2. The van der Waals surface area contributed by atoms with Crippen LogP contribution in [-0.2, 0) is 23.1 Å². The van der Waals surface area contributed by atoms with Crippen molar-refractivity contribution in [2.24, 2.45) is 0 Å². The van der Waals surface area contributed by atoms with Crippen molar-refractivity contribution in [1.29, 1.82) is 0 Å². The lowest BCUT2D eigenvalue weighted by molar-refractivity contribution is 0.360. The summed E-state index contributed by atoms with van der Waals surface area (Å²) in [7, 11) is -3.61. The smallest absolute Gasteiger partial charge is 0.243 e. The fraction of sp³-hybridized carbons (Fsp3) is 0.222. The lowest BCUT2D eigenvalue weighted by atomic mass is 10.1. The molecule has 0 amide bonds. The first-order valence-electron chi connectivity index (χ1n) is 7.59. The van der Waals surface area contributed by atoms with Crippen LogP contribution in [0.2, 0.25) is 0 Å². The van der Waals surface area contributed by atoms with Gasteiger partial charge in [0.25, 0.3) is 0 Å². The summed E-state index contributed by atoms with van der Waals surface area (Å²) in [6, 6.07) is 12.7. The second-order valence-corrected chi connectivity index (χ2v) is 8.65. The minimum Gasteiger partial charge on any atom is -0.468 e. The number of rotatable bonds is 6. The average molecular weight is 361 g/mol. The average Bonchev–Trinajstić information content (AvgIpc) is 3.23. The summed E-state index contributed by atoms with van der Waals surface area (Å²) in [5.74, 6) is 0.624. The Bertz CT molecular complexity index is 862. The Balaban J connectivity index is 1.97. The van der Waals surface area contributed by atoms with Crippen LogP contribution in [0.4, 0.5) is 0 Å². The second-order valence-electron chi connectivity index (χ2n) is 5.68. The molecule has 0 aliphatic rings. The third-order valence-electron chi connectivity index (χ3n) is 3.94. The molecule has 3 aromatic rings. The number of hydrogen-bond acceptors (Lipinski definition) is 4. The minimum absolute atomic E-state index is 0.208. The van der Waals surface area contributed by atoms with E-state index in [0.29, 0.717) is 17.2 Å². The van der Waals surface area contributed by atoms with Crippen LogP contribution in [0.3, 0.4) is 0 Å². The van der Waals surface area contributed by atoms with Crippen LogP contribution >= 0.6 is 11.3 Å². The molecule has 0 aliphatic heterocycles. The van der Waals surface area contributed by atoms with Crippen LogP contribution in [0.15, 0.2) is 63.4 Å². The molecule has 6 heteroatoms. The van der Waals surface area contributed by atoms with Gasteiger partial charge in [-0.25, -0.2) is 8.42 Å². The highest BCUT2D eigenvalue weighted by Crippen LogP contribution is 2.24. The van der Waals surface area contributed by atoms with E-state index >= 15 is 0 Å². The SMILES string of the molecule is Cc1ccc(S(=O)(=O)N(Cc2ccco2)Cc2cccs2)cc1C. The van der Waals surface area contributed by atoms with Crippen molar-refractivity contribution in [3.8, 4) is 0 Å². The van der Waals surface area contributed by atoms with Crippen molar-refractivity contribution < 1.29 is 12.8 Å². The number of hydrogen-bond donors (Lipinski definition) is 0. The second kappa shape index (κ2) is 6.93. The molecule has 0 N–H and O–H groups in total. The van der Waals surface area contributed by atoms with Crippen LogP contribution in [0.1, 0.15) is 21.8 Å². The summed E-state index contributed by atoms with van der Waals surface area (Å²) in [6.07, 6.45) is 1.56. The summed E-state index contributed by atoms with van der Waals surface area (Å²) in [4.78, 5) is 1.31. The van der Waals surface area contributed by atoms with E-state index in [-0.39, 0.29) is 6.54 Å². The molecular weight excluding hydrogens is 342 g/mol. The molecule has 0 aliphatic carbocycles. The standard InChI is InChI=1S/C18H19NO3S2/c1-14-7-8-18(11-15(14)2)24(20,21)19(12-16-5-3-9-22-16)13-17-6-4-10-23-17/h3-11H,12-13H2,1-2H3. The van der Waals surface area contributed by atoms with Gasteiger partial charge in [0.1, 0.15) is 5.76 Å². The molecule has 0 saturated carbocycles. The predicted molar refractivity (Wildman–Crippen MR) is 95.4 cm³/mol. The maximum Gasteiger partial charge on any atom is 0.243 e. The molecule has 0 saturated heterocycles. The molecule has 0 unspecified atom stereocenters. The minimum atomic E-state index is -3.61. The number of benzene rings is 1. The Hall–Kier alpha value is -1.89. The van der Waals surface area contributed by atoms with Gasteiger partial charge in [0.05, 0.1) is 17.7 Å². The molecule has 0 fully saturated rings. The summed E-state index contributed by atoms with van der Waals surface area (Å²) in [5, 5.41) is 1.95. The fourth-order valence-corrected chi connectivity index (χ4v) is 4.67. The molecule has 4 nitrogen and oxygen atoms in total. The summed E-state index contributed by atoms with van der Waals surface area (Å²) in [5.41, 5.74) is 2.04. The highest BCUT2D eigenvalue weighted by Gasteiger charge is 2.26. The molecule has 0 spiro atoms. The van der Waals surface area contributed by atoms with Gasteiger partial charge in [0.2, 0.25) is 10.0 Å². The van der Waals surface area contributed by atoms with Crippen molar-refractivity contribution >= 4 is 21.4 Å². The molecule has 0 atom stereocenters. The van der Waals surface area contributed by atoms with Crippen molar-refractivity contribution in [2.45, 2.75) is 31.8 Å². The van der Waals surface area contributed by atoms with E-state index in [1.807, 2.05) is 37.4 Å². The Morgan fingerprint density at radius 2 is 1.88 bits per heavy atom. The van der Waals surface area contributed by atoms with E-state index in [0.717, 1.165) is 16.0 Å². The van der Waals surface area contributed by atoms with Crippen molar-refractivity contribution in [2.75, 3.05) is 0 Å². The van der Waals surface area contributed by atoms with E-state index in [2.05, 4.69) is 0 Å². The lowest BCUT2D eigenvalue weighted by Gasteiger charge is -2.21. The normalized spacial score (nSPS) is 12.0. The summed E-state index contributed by atoms with van der Waals surface area (Å²) in [6.45, 7) is 4.43. The number of nitrogens with zero attached hydrogens (tertiary/aromatic N) is 1. The van der Waals surface area contributed by atoms with E-state index in [9.17, 15) is 8.42 Å². The molecule has 0 bridgehead atoms. The highest BCUT2D eigenvalue weighted by atomic mass is 32.2. The van der Waals surface area contributed by atoms with E-state index < -0.39 is 10.0 Å². The van der Waals surface area contributed by atoms with Gasteiger partial charge in [0.15, 0.2) is 0 Å². The van der Waals surface area contributed by atoms with Gasteiger partial charge in [0, 0.05) is 11.4 Å². The topological polar surface area (TPSA) is 50.5 Å². The third kappa shape index (κ3) is 3.61. The van der Waals surface area contributed by atoms with Gasteiger partial charge in [-0.05, 0) is 60.7 Å². The van der Waals surface area contributed by atoms with Crippen molar-refractivity contribution in [3.63, 3.8) is 0 Å². The van der Waals surface area contributed by atoms with Crippen LogP contribution in [-0.4, -0.2) is 12.7 Å². The molecule has 126 valence electrons. The Morgan fingerprint density at radius 3 is 2.50 bits per heavy atom. The van der Waals surface area contributed by atoms with Crippen LogP contribution in [0.5, 0.6) is 0 Å². The summed E-state index contributed by atoms with van der Waals surface area (Å²) >= 11 is 1.54. The maximum absolute atomic E-state index is 13.1. The van der Waals surface area contributed by atoms with Gasteiger partial charge in [-0.15, -0.1) is 11.3 Å². The van der Waals surface area contributed by atoms with Crippen LogP contribution < -0.4 is 0 Å². The first-order chi connectivity index (χ1) is 11.5. The molecule has 3 rings (SSSR count). The van der Waals surface area contributed by atoms with Gasteiger partial charge < -0.3 is 4.42 Å². The number of furan rings is 1. The molecule has 2 aromatic heterocycles. The number of thiophene rings is 1. The van der Waals surface area contributed by atoms with Crippen LogP contribution in [0.25, 0.3) is 0 Å². The van der Waals surface area contributed by atoms with E-state index in [1.165, 1.54) is 4.31 Å². The fourth-order valence-electron chi connectivity index (χ4n) is 2.40. The van der Waals surface area contributed by atoms with Gasteiger partial charge in [-0.2, -0.15) is 4.31 Å². The zero-order chi connectivity index (χ0) is 17.2. The van der Waals surface area contributed by atoms with E-state index in [1.54, 1.807) is 41.9 Å². The summed E-state index contributed by atoms with van der Waals surface area (Å²) < 4.78 is 33.1. The highest BCUT2D eigenvalue weighted by molar-refractivity contribution is 7.89. The third-order valence-corrected chi connectivity index (χ3v) is 6.59. The largest absolute Gasteiger partial charge is 0.468 e. The first kappa shape index (κ1) is 17.0. The molecule has 1 aromatic carbocycles. The Labute approximate surface area is 146 Å². The molecule has 2 heterocycles. The molecule has 0 radical (unpaired) electrons. The van der Waals surface area contributed by atoms with Crippen molar-refractivity contribution in [3.05, 3.63) is 75.9 Å². The van der Waals surface area contributed by atoms with Gasteiger partial charge in [-0.3, -0.25) is 0 Å². The monoisotopic (exact) mass is 361 g/mol. The first-order valence-corrected chi connectivity index (χ1v) is 9.91. The number of sulfonamides is 1. The Kier molecular flexibility index (Phi) is 4.89.